The highest BCUT2D eigenvalue weighted by molar-refractivity contribution is 6.01. The fraction of sp³-hybridized carbons (Fsp3) is 0.500. The predicted octanol–water partition coefficient (Wildman–Crippen LogP) is 1.64. The molecular weight excluding hydrogens is 308 g/mol. The van der Waals surface area contributed by atoms with Crippen molar-refractivity contribution in [3.05, 3.63) is 33.4 Å². The molecule has 1 saturated heterocycles. The van der Waals surface area contributed by atoms with E-state index in [1.165, 1.54) is 6.07 Å². The molecule has 1 atom stereocenters. The van der Waals surface area contributed by atoms with E-state index in [9.17, 15) is 14.9 Å². The number of piperidine rings is 1. The number of nitrogen functional groups attached to an aromatic ring is 1. The van der Waals surface area contributed by atoms with E-state index in [0.717, 1.165) is 25.9 Å². The number of benzene rings is 1. The number of hydrogen-bond acceptors (Lipinski definition) is 5. The Morgan fingerprint density at radius 2 is 2.27 bits per heavy atom. The SMILES string of the molecule is Cc1cc(C(=O)NCC2CCCNC2)c(N)c([N+](=O)[O-])c1.Cl. The van der Waals surface area contributed by atoms with E-state index >= 15 is 0 Å². The van der Waals surface area contributed by atoms with Crippen molar-refractivity contribution in [2.45, 2.75) is 19.8 Å². The lowest BCUT2D eigenvalue weighted by atomic mass is 9.99. The summed E-state index contributed by atoms with van der Waals surface area (Å²) in [6.45, 7) is 4.15. The summed E-state index contributed by atoms with van der Waals surface area (Å²) >= 11 is 0. The molecule has 1 aromatic rings. The fourth-order valence-corrected chi connectivity index (χ4v) is 2.55. The summed E-state index contributed by atoms with van der Waals surface area (Å²) in [5.74, 6) is 0.0357. The van der Waals surface area contributed by atoms with Gasteiger partial charge in [-0.15, -0.1) is 12.4 Å². The van der Waals surface area contributed by atoms with Crippen LogP contribution in [0.5, 0.6) is 0 Å². The Morgan fingerprint density at radius 1 is 1.55 bits per heavy atom. The molecule has 22 heavy (non-hydrogen) atoms. The Bertz CT molecular complexity index is 559. The number of nitrogens with one attached hydrogen (secondary N) is 2. The molecule has 1 fully saturated rings. The van der Waals surface area contributed by atoms with Gasteiger partial charge in [0.25, 0.3) is 11.6 Å². The number of halogens is 1. The molecular formula is C14H21ClN4O3. The van der Waals surface area contributed by atoms with Gasteiger partial charge in [0.2, 0.25) is 0 Å². The fourth-order valence-electron chi connectivity index (χ4n) is 2.55. The van der Waals surface area contributed by atoms with Crippen LogP contribution in [0.15, 0.2) is 12.1 Å². The van der Waals surface area contributed by atoms with Crippen molar-refractivity contribution in [3.8, 4) is 0 Å². The number of nitrogens with zero attached hydrogens (tertiary/aromatic N) is 1. The van der Waals surface area contributed by atoms with Gasteiger partial charge in [0, 0.05) is 12.6 Å². The Labute approximate surface area is 135 Å². The molecule has 1 aliphatic rings. The van der Waals surface area contributed by atoms with E-state index in [4.69, 9.17) is 5.73 Å². The normalized spacial score (nSPS) is 17.4. The van der Waals surface area contributed by atoms with E-state index in [1.807, 2.05) is 0 Å². The van der Waals surface area contributed by atoms with Gasteiger partial charge in [0.05, 0.1) is 10.5 Å². The van der Waals surface area contributed by atoms with Crippen molar-refractivity contribution in [2.75, 3.05) is 25.4 Å². The minimum atomic E-state index is -0.565. The third-order valence-electron chi connectivity index (χ3n) is 3.69. The third-order valence-corrected chi connectivity index (χ3v) is 3.69. The van der Waals surface area contributed by atoms with Crippen LogP contribution in [0.25, 0.3) is 0 Å². The summed E-state index contributed by atoms with van der Waals surface area (Å²) in [6, 6.07) is 2.95. The summed E-state index contributed by atoms with van der Waals surface area (Å²) in [4.78, 5) is 22.6. The lowest BCUT2D eigenvalue weighted by Gasteiger charge is -2.23. The monoisotopic (exact) mass is 328 g/mol. The van der Waals surface area contributed by atoms with Crippen molar-refractivity contribution in [1.29, 1.82) is 0 Å². The average Bonchev–Trinajstić information content (AvgIpc) is 2.47. The number of hydrogen-bond donors (Lipinski definition) is 3. The van der Waals surface area contributed by atoms with Crippen LogP contribution in [0, 0.1) is 23.0 Å². The predicted molar refractivity (Wildman–Crippen MR) is 87.4 cm³/mol. The summed E-state index contributed by atoms with van der Waals surface area (Å²) in [5, 5.41) is 17.0. The molecule has 0 spiro atoms. The number of carbonyl (C=O) groups is 1. The van der Waals surface area contributed by atoms with Crippen LogP contribution >= 0.6 is 12.4 Å². The summed E-state index contributed by atoms with van der Waals surface area (Å²) < 4.78 is 0. The Morgan fingerprint density at radius 3 is 2.86 bits per heavy atom. The van der Waals surface area contributed by atoms with Crippen LogP contribution in [0.3, 0.4) is 0 Å². The summed E-state index contributed by atoms with van der Waals surface area (Å²) in [5.41, 5.74) is 6.26. The zero-order chi connectivity index (χ0) is 15.4. The lowest BCUT2D eigenvalue weighted by molar-refractivity contribution is -0.384. The number of aryl methyl sites for hydroxylation is 1. The van der Waals surface area contributed by atoms with Crippen molar-refractivity contribution in [1.82, 2.24) is 10.6 Å². The first-order chi connectivity index (χ1) is 9.99. The number of rotatable bonds is 4. The molecule has 1 amide bonds. The zero-order valence-electron chi connectivity index (χ0n) is 12.4. The maximum Gasteiger partial charge on any atom is 0.293 e. The van der Waals surface area contributed by atoms with Gasteiger partial charge in [-0.25, -0.2) is 0 Å². The van der Waals surface area contributed by atoms with Crippen molar-refractivity contribution >= 4 is 29.7 Å². The molecule has 4 N–H and O–H groups in total. The number of carbonyl (C=O) groups excluding carboxylic acids is 1. The smallest absolute Gasteiger partial charge is 0.293 e. The van der Waals surface area contributed by atoms with Gasteiger partial charge in [-0.05, 0) is 50.4 Å². The molecule has 0 radical (unpaired) electrons. The lowest BCUT2D eigenvalue weighted by Crippen LogP contribution is -2.38. The zero-order valence-corrected chi connectivity index (χ0v) is 13.2. The van der Waals surface area contributed by atoms with Crippen molar-refractivity contribution < 1.29 is 9.72 Å². The molecule has 2 rings (SSSR count). The molecule has 122 valence electrons. The highest BCUT2D eigenvalue weighted by Gasteiger charge is 2.21. The van der Waals surface area contributed by atoms with Gasteiger partial charge in [0.15, 0.2) is 0 Å². The quantitative estimate of drug-likeness (QED) is 0.442. The number of nitrogens with two attached hydrogens (primary N) is 1. The number of nitro groups is 1. The highest BCUT2D eigenvalue weighted by atomic mass is 35.5. The van der Waals surface area contributed by atoms with E-state index in [1.54, 1.807) is 13.0 Å². The second-order valence-corrected chi connectivity index (χ2v) is 5.42. The summed E-state index contributed by atoms with van der Waals surface area (Å²) in [6.07, 6.45) is 2.16. The molecule has 8 heteroatoms. The third kappa shape index (κ3) is 4.32. The largest absolute Gasteiger partial charge is 0.393 e. The molecule has 0 aliphatic carbocycles. The van der Waals surface area contributed by atoms with Crippen LogP contribution in [-0.4, -0.2) is 30.5 Å². The van der Waals surface area contributed by atoms with E-state index in [2.05, 4.69) is 10.6 Å². The maximum absolute atomic E-state index is 12.2. The minimum absolute atomic E-state index is 0. The molecule has 1 aromatic carbocycles. The second kappa shape index (κ2) is 7.95. The Kier molecular flexibility index (Phi) is 6.58. The average molecular weight is 329 g/mol. The molecule has 1 aliphatic heterocycles. The molecule has 0 aromatic heterocycles. The Hall–Kier alpha value is -1.86. The number of amides is 1. The maximum atomic E-state index is 12.2. The van der Waals surface area contributed by atoms with Gasteiger partial charge in [0.1, 0.15) is 5.69 Å². The van der Waals surface area contributed by atoms with Gasteiger partial charge in [-0.2, -0.15) is 0 Å². The second-order valence-electron chi connectivity index (χ2n) is 5.42. The molecule has 0 bridgehead atoms. The summed E-state index contributed by atoms with van der Waals surface area (Å²) in [7, 11) is 0. The van der Waals surface area contributed by atoms with Crippen LogP contribution in [0.4, 0.5) is 11.4 Å². The molecule has 0 saturated carbocycles. The topological polar surface area (TPSA) is 110 Å². The van der Waals surface area contributed by atoms with Crippen LogP contribution < -0.4 is 16.4 Å². The van der Waals surface area contributed by atoms with Crippen molar-refractivity contribution in [3.63, 3.8) is 0 Å². The first kappa shape index (κ1) is 18.2. The number of nitro benzene ring substituents is 1. The first-order valence-electron chi connectivity index (χ1n) is 7.02. The highest BCUT2D eigenvalue weighted by Crippen LogP contribution is 2.27. The van der Waals surface area contributed by atoms with Crippen LogP contribution in [-0.2, 0) is 0 Å². The van der Waals surface area contributed by atoms with Crippen LogP contribution in [0.1, 0.15) is 28.8 Å². The number of anilines is 1. The standard InChI is InChI=1S/C14H20N4O3.ClH/c1-9-5-11(13(15)12(6-9)18(20)21)14(19)17-8-10-3-2-4-16-7-10;/h5-6,10,16H,2-4,7-8,15H2,1H3,(H,17,19);1H. The van der Waals surface area contributed by atoms with E-state index < -0.39 is 4.92 Å². The Balaban J connectivity index is 0.00000242. The van der Waals surface area contributed by atoms with Gasteiger partial charge in [-0.1, -0.05) is 0 Å². The first-order valence-corrected chi connectivity index (χ1v) is 7.02. The van der Waals surface area contributed by atoms with Crippen LogP contribution in [0.2, 0.25) is 0 Å². The van der Waals surface area contributed by atoms with Gasteiger partial charge >= 0.3 is 0 Å². The molecule has 1 unspecified atom stereocenters. The van der Waals surface area contributed by atoms with E-state index in [-0.39, 0.29) is 35.3 Å². The van der Waals surface area contributed by atoms with Crippen molar-refractivity contribution in [2.24, 2.45) is 5.92 Å². The van der Waals surface area contributed by atoms with Gasteiger partial charge in [-0.3, -0.25) is 14.9 Å². The molecule has 1 heterocycles. The minimum Gasteiger partial charge on any atom is -0.393 e. The van der Waals surface area contributed by atoms with E-state index in [0.29, 0.717) is 18.0 Å². The van der Waals surface area contributed by atoms with Gasteiger partial charge < -0.3 is 16.4 Å². The molecule has 7 nitrogen and oxygen atoms in total.